The maximum Gasteiger partial charge on any atom is 0.0541 e. The first kappa shape index (κ1) is 22.6. The highest BCUT2D eigenvalue weighted by Crippen LogP contribution is 2.43. The molecule has 37 heavy (non-hydrogen) atoms. The second-order valence-electron chi connectivity index (χ2n) is 9.10. The van der Waals surface area contributed by atoms with Crippen molar-refractivity contribution in [2.45, 2.75) is 0 Å². The van der Waals surface area contributed by atoms with E-state index in [0.29, 0.717) is 0 Å². The second-order valence-corrected chi connectivity index (χ2v) is 9.10. The number of hydrogen-bond acceptors (Lipinski definition) is 2. The minimum atomic E-state index is 1.13. The molecule has 6 aromatic rings. The average Bonchev–Trinajstić information content (AvgIpc) is 2.99. The molecule has 0 heterocycles. The van der Waals surface area contributed by atoms with Crippen LogP contribution in [0.15, 0.2) is 152 Å². The molecule has 0 saturated carbocycles. The fourth-order valence-electron chi connectivity index (χ4n) is 5.09. The van der Waals surface area contributed by atoms with Gasteiger partial charge in [0.05, 0.1) is 5.69 Å². The molecule has 0 aliphatic carbocycles. The van der Waals surface area contributed by atoms with Crippen molar-refractivity contribution in [2.24, 2.45) is 0 Å². The van der Waals surface area contributed by atoms with E-state index in [9.17, 15) is 0 Å². The van der Waals surface area contributed by atoms with Crippen molar-refractivity contribution in [1.29, 1.82) is 0 Å². The molecule has 0 amide bonds. The smallest absolute Gasteiger partial charge is 0.0541 e. The SMILES string of the molecule is CN(c1ccccc1-c1ccccc1)c1ccc(N(c2ccccc2)c2ccccc2)c2ccccc12. The summed E-state index contributed by atoms with van der Waals surface area (Å²) in [6.07, 6.45) is 0. The van der Waals surface area contributed by atoms with E-state index in [4.69, 9.17) is 0 Å². The Morgan fingerprint density at radius 1 is 0.378 bits per heavy atom. The number of hydrogen-bond donors (Lipinski definition) is 0. The largest absolute Gasteiger partial charge is 0.344 e. The number of anilines is 5. The first-order chi connectivity index (χ1) is 18.3. The van der Waals surface area contributed by atoms with Gasteiger partial charge in [0.25, 0.3) is 0 Å². The number of benzene rings is 6. The van der Waals surface area contributed by atoms with E-state index in [1.165, 1.54) is 33.3 Å². The summed E-state index contributed by atoms with van der Waals surface area (Å²) in [6, 6.07) is 53.6. The normalized spacial score (nSPS) is 10.8. The Bertz CT molecular complexity index is 1590. The van der Waals surface area contributed by atoms with Crippen LogP contribution in [-0.2, 0) is 0 Å². The lowest BCUT2D eigenvalue weighted by Gasteiger charge is -2.29. The van der Waals surface area contributed by atoms with Crippen LogP contribution in [0.5, 0.6) is 0 Å². The van der Waals surface area contributed by atoms with Crippen LogP contribution in [-0.4, -0.2) is 7.05 Å². The summed E-state index contributed by atoms with van der Waals surface area (Å²) in [6.45, 7) is 0. The van der Waals surface area contributed by atoms with Crippen molar-refractivity contribution in [3.8, 4) is 11.1 Å². The monoisotopic (exact) mass is 476 g/mol. The van der Waals surface area contributed by atoms with Crippen molar-refractivity contribution in [3.63, 3.8) is 0 Å². The Kier molecular flexibility index (Phi) is 6.14. The van der Waals surface area contributed by atoms with Crippen LogP contribution in [0, 0.1) is 0 Å². The lowest BCUT2D eigenvalue weighted by Crippen LogP contribution is -2.13. The van der Waals surface area contributed by atoms with Gasteiger partial charge >= 0.3 is 0 Å². The van der Waals surface area contributed by atoms with Crippen LogP contribution >= 0.6 is 0 Å². The summed E-state index contributed by atoms with van der Waals surface area (Å²) < 4.78 is 0. The molecule has 6 aromatic carbocycles. The van der Waals surface area contributed by atoms with Gasteiger partial charge in [0.2, 0.25) is 0 Å². The third kappa shape index (κ3) is 4.34. The van der Waals surface area contributed by atoms with E-state index in [1.54, 1.807) is 0 Å². The van der Waals surface area contributed by atoms with Crippen molar-refractivity contribution >= 4 is 39.2 Å². The zero-order chi connectivity index (χ0) is 25.0. The molecule has 0 N–H and O–H groups in total. The molecule has 6 rings (SSSR count). The summed E-state index contributed by atoms with van der Waals surface area (Å²) in [5.41, 5.74) is 8.20. The Hall–Kier alpha value is -4.82. The summed E-state index contributed by atoms with van der Waals surface area (Å²) in [5, 5.41) is 2.42. The van der Waals surface area contributed by atoms with Gasteiger partial charge in [-0.05, 0) is 48.0 Å². The zero-order valence-corrected chi connectivity index (χ0v) is 20.8. The number of para-hydroxylation sites is 3. The second kappa shape index (κ2) is 10.0. The molecule has 2 nitrogen and oxygen atoms in total. The molecule has 0 unspecified atom stereocenters. The minimum Gasteiger partial charge on any atom is -0.344 e. The number of fused-ring (bicyclic) bond motifs is 1. The van der Waals surface area contributed by atoms with Gasteiger partial charge < -0.3 is 9.80 Å². The summed E-state index contributed by atoms with van der Waals surface area (Å²) in [4.78, 5) is 4.65. The van der Waals surface area contributed by atoms with Crippen LogP contribution in [0.2, 0.25) is 0 Å². The molecule has 178 valence electrons. The van der Waals surface area contributed by atoms with Gasteiger partial charge in [-0.25, -0.2) is 0 Å². The molecule has 0 fully saturated rings. The molecule has 0 atom stereocenters. The van der Waals surface area contributed by atoms with E-state index in [1.807, 2.05) is 0 Å². The Morgan fingerprint density at radius 2 is 0.838 bits per heavy atom. The highest BCUT2D eigenvalue weighted by Gasteiger charge is 2.19. The summed E-state index contributed by atoms with van der Waals surface area (Å²) >= 11 is 0. The average molecular weight is 477 g/mol. The lowest BCUT2D eigenvalue weighted by molar-refractivity contribution is 1.22. The molecule has 0 bridgehead atoms. The standard InChI is InChI=1S/C35H28N2/c1-36(33-24-14-13-21-30(33)27-15-5-2-6-16-27)34-25-26-35(32-23-12-11-22-31(32)34)37(28-17-7-3-8-18-28)29-19-9-4-10-20-29/h2-26H,1H3. The molecular formula is C35H28N2. The van der Waals surface area contributed by atoms with Gasteiger partial charge in [-0.15, -0.1) is 0 Å². The van der Waals surface area contributed by atoms with E-state index in [0.717, 1.165) is 17.1 Å². The molecule has 0 saturated heterocycles. The molecular weight excluding hydrogens is 448 g/mol. The molecule has 2 heteroatoms. The highest BCUT2D eigenvalue weighted by atomic mass is 15.1. The van der Waals surface area contributed by atoms with E-state index < -0.39 is 0 Å². The van der Waals surface area contributed by atoms with Gasteiger partial charge in [0, 0.05) is 46.1 Å². The quantitative estimate of drug-likeness (QED) is 0.236. The topological polar surface area (TPSA) is 6.48 Å². The molecule has 0 radical (unpaired) electrons. The minimum absolute atomic E-state index is 1.13. The van der Waals surface area contributed by atoms with Crippen molar-refractivity contribution in [1.82, 2.24) is 0 Å². The van der Waals surface area contributed by atoms with Crippen molar-refractivity contribution in [2.75, 3.05) is 16.8 Å². The van der Waals surface area contributed by atoms with Gasteiger partial charge in [0.15, 0.2) is 0 Å². The van der Waals surface area contributed by atoms with E-state index in [-0.39, 0.29) is 0 Å². The summed E-state index contributed by atoms with van der Waals surface area (Å²) in [5.74, 6) is 0. The van der Waals surface area contributed by atoms with Gasteiger partial charge in [-0.2, -0.15) is 0 Å². The third-order valence-electron chi connectivity index (χ3n) is 6.86. The van der Waals surface area contributed by atoms with Crippen molar-refractivity contribution in [3.05, 3.63) is 152 Å². The van der Waals surface area contributed by atoms with Crippen LogP contribution < -0.4 is 9.80 Å². The third-order valence-corrected chi connectivity index (χ3v) is 6.86. The summed E-state index contributed by atoms with van der Waals surface area (Å²) in [7, 11) is 2.16. The molecule has 0 aromatic heterocycles. The lowest BCUT2D eigenvalue weighted by atomic mass is 10.0. The molecule has 0 spiro atoms. The fourth-order valence-corrected chi connectivity index (χ4v) is 5.09. The van der Waals surface area contributed by atoms with Crippen LogP contribution in [0.25, 0.3) is 21.9 Å². The van der Waals surface area contributed by atoms with Crippen LogP contribution in [0.1, 0.15) is 0 Å². The van der Waals surface area contributed by atoms with Gasteiger partial charge in [-0.1, -0.05) is 109 Å². The first-order valence-electron chi connectivity index (χ1n) is 12.6. The Labute approximate surface area is 218 Å². The number of nitrogens with zero attached hydrogens (tertiary/aromatic N) is 2. The highest BCUT2D eigenvalue weighted by molar-refractivity contribution is 6.06. The maximum atomic E-state index is 2.34. The van der Waals surface area contributed by atoms with Gasteiger partial charge in [-0.3, -0.25) is 0 Å². The van der Waals surface area contributed by atoms with Crippen molar-refractivity contribution < 1.29 is 0 Å². The van der Waals surface area contributed by atoms with E-state index >= 15 is 0 Å². The molecule has 0 aliphatic rings. The van der Waals surface area contributed by atoms with E-state index in [2.05, 4.69) is 169 Å². The predicted octanol–water partition coefficient (Wildman–Crippen LogP) is 9.74. The fraction of sp³-hybridized carbons (Fsp3) is 0.0286. The Balaban J connectivity index is 1.52. The number of rotatable bonds is 6. The zero-order valence-electron chi connectivity index (χ0n) is 20.8. The maximum absolute atomic E-state index is 2.34. The Morgan fingerprint density at radius 3 is 1.46 bits per heavy atom. The van der Waals surface area contributed by atoms with Crippen LogP contribution in [0.4, 0.5) is 28.4 Å². The van der Waals surface area contributed by atoms with Crippen LogP contribution in [0.3, 0.4) is 0 Å². The molecule has 0 aliphatic heterocycles. The van der Waals surface area contributed by atoms with Gasteiger partial charge in [0.1, 0.15) is 0 Å². The first-order valence-corrected chi connectivity index (χ1v) is 12.6. The predicted molar refractivity (Wildman–Crippen MR) is 159 cm³/mol.